The molecule has 0 amide bonds. The van der Waals surface area contributed by atoms with Gasteiger partial charge in [-0.1, -0.05) is 27.7 Å². The van der Waals surface area contributed by atoms with Crippen LogP contribution in [0, 0.1) is 27.7 Å². The summed E-state index contributed by atoms with van der Waals surface area (Å²) in [6.07, 6.45) is 12.9. The second-order valence-electron chi connectivity index (χ2n) is 14.8. The van der Waals surface area contributed by atoms with E-state index < -0.39 is 0 Å². The molecule has 7 aromatic rings. The minimum atomic E-state index is 0.978. The fourth-order valence-corrected chi connectivity index (χ4v) is 13.3. The molecule has 0 atom stereocenters. The van der Waals surface area contributed by atoms with Gasteiger partial charge in [-0.15, -0.1) is 45.3 Å². The highest BCUT2D eigenvalue weighted by Crippen LogP contribution is 2.45. The molecule has 2 aliphatic heterocycles. The lowest BCUT2D eigenvalue weighted by molar-refractivity contribution is 1.13. The number of nitrogens with zero attached hydrogens (tertiary/aromatic N) is 2. The lowest BCUT2D eigenvalue weighted by Gasteiger charge is -2.07. The molecule has 0 radical (unpaired) electrons. The first-order valence-electron chi connectivity index (χ1n) is 19.7. The van der Waals surface area contributed by atoms with Crippen molar-refractivity contribution in [1.82, 2.24) is 19.9 Å². The molecule has 282 valence electrons. The molecule has 2 N–H and O–H groups in total. The maximum absolute atomic E-state index is 5.58. The van der Waals surface area contributed by atoms with Gasteiger partial charge in [-0.25, -0.2) is 9.97 Å². The molecule has 7 aromatic heterocycles. The van der Waals surface area contributed by atoms with Crippen LogP contribution in [-0.4, -0.2) is 19.9 Å². The van der Waals surface area contributed by atoms with E-state index in [9.17, 15) is 0 Å². The number of thiophene rings is 4. The summed E-state index contributed by atoms with van der Waals surface area (Å²) in [6.45, 7) is 18.1. The van der Waals surface area contributed by atoms with Crippen molar-refractivity contribution < 1.29 is 0 Å². The third-order valence-corrected chi connectivity index (χ3v) is 16.3. The Morgan fingerprint density at radius 1 is 0.393 bits per heavy atom. The zero-order chi connectivity index (χ0) is 38.8. The summed E-state index contributed by atoms with van der Waals surface area (Å²) in [7, 11) is 0. The van der Waals surface area contributed by atoms with E-state index in [-0.39, 0.29) is 0 Å². The number of aromatic nitrogens is 4. The quantitative estimate of drug-likeness (QED) is 0.161. The summed E-state index contributed by atoms with van der Waals surface area (Å²) >= 11 is 7.30. The van der Waals surface area contributed by atoms with Gasteiger partial charge in [0.25, 0.3) is 0 Å². The summed E-state index contributed by atoms with van der Waals surface area (Å²) in [6, 6.07) is 9.03. The predicted octanol–water partition coefficient (Wildman–Crippen LogP) is 15.1. The maximum atomic E-state index is 5.58. The predicted molar refractivity (Wildman–Crippen MR) is 249 cm³/mol. The van der Waals surface area contributed by atoms with Crippen molar-refractivity contribution in [2.45, 2.75) is 81.1 Å². The molecule has 8 bridgehead atoms. The molecular formula is C48H46N4S4. The Morgan fingerprint density at radius 2 is 0.625 bits per heavy atom. The normalized spacial score (nSPS) is 12.4. The van der Waals surface area contributed by atoms with Gasteiger partial charge in [0, 0.05) is 63.8 Å². The molecule has 0 fully saturated rings. The molecule has 4 nitrogen and oxygen atoms in total. The molecule has 9 heterocycles. The van der Waals surface area contributed by atoms with E-state index in [1.54, 1.807) is 0 Å². The highest BCUT2D eigenvalue weighted by atomic mass is 32.1. The van der Waals surface area contributed by atoms with Gasteiger partial charge < -0.3 is 9.97 Å². The summed E-state index contributed by atoms with van der Waals surface area (Å²) in [5.41, 5.74) is 23.6. The van der Waals surface area contributed by atoms with Crippen LogP contribution in [0.1, 0.15) is 95.0 Å². The Bertz CT molecular complexity index is 2530. The Balaban J connectivity index is 1.49. The lowest BCUT2D eigenvalue weighted by atomic mass is 10.0. The van der Waals surface area contributed by atoms with Gasteiger partial charge in [-0.05, 0) is 168 Å². The molecule has 8 heteroatoms. The van der Waals surface area contributed by atoms with Crippen molar-refractivity contribution in [2.24, 2.45) is 0 Å². The van der Waals surface area contributed by atoms with Crippen LogP contribution in [0.25, 0.3) is 88.1 Å². The van der Waals surface area contributed by atoms with Crippen LogP contribution in [0.3, 0.4) is 0 Å². The van der Waals surface area contributed by atoms with E-state index in [1.807, 2.05) is 45.3 Å². The van der Waals surface area contributed by atoms with E-state index in [1.165, 1.54) is 64.0 Å². The Morgan fingerprint density at radius 3 is 0.821 bits per heavy atom. The van der Waals surface area contributed by atoms with Crippen molar-refractivity contribution in [1.29, 1.82) is 0 Å². The highest BCUT2D eigenvalue weighted by Gasteiger charge is 2.24. The highest BCUT2D eigenvalue weighted by molar-refractivity contribution is 7.15. The summed E-state index contributed by atoms with van der Waals surface area (Å²) in [4.78, 5) is 24.1. The van der Waals surface area contributed by atoms with E-state index in [2.05, 4.69) is 135 Å². The Kier molecular flexibility index (Phi) is 9.73. The minimum Gasteiger partial charge on any atom is -0.354 e. The van der Waals surface area contributed by atoms with Crippen molar-refractivity contribution in [3.05, 3.63) is 113 Å². The lowest BCUT2D eigenvalue weighted by Crippen LogP contribution is -1.90. The van der Waals surface area contributed by atoms with E-state index in [0.29, 0.717) is 0 Å². The van der Waals surface area contributed by atoms with Crippen LogP contribution >= 0.6 is 45.3 Å². The molecule has 9 rings (SSSR count). The third-order valence-electron chi connectivity index (χ3n) is 11.8. The van der Waals surface area contributed by atoms with Gasteiger partial charge in [0.1, 0.15) is 0 Å². The molecule has 56 heavy (non-hydrogen) atoms. The number of fused-ring (bicyclic) bond motifs is 8. The van der Waals surface area contributed by atoms with E-state index >= 15 is 0 Å². The fraction of sp³-hybridized carbons (Fsp3) is 0.250. The fourth-order valence-electron chi connectivity index (χ4n) is 8.35. The minimum absolute atomic E-state index is 0.978. The van der Waals surface area contributed by atoms with Crippen molar-refractivity contribution >= 4 is 91.7 Å². The molecule has 0 aliphatic carbocycles. The van der Waals surface area contributed by atoms with Crippen molar-refractivity contribution in [2.75, 3.05) is 0 Å². The van der Waals surface area contributed by atoms with Crippen LogP contribution in [0.4, 0.5) is 0 Å². The summed E-state index contributed by atoms with van der Waals surface area (Å²) in [5.74, 6) is 0. The largest absolute Gasteiger partial charge is 0.354 e. The zero-order valence-electron chi connectivity index (χ0n) is 33.3. The van der Waals surface area contributed by atoms with Crippen LogP contribution in [-0.2, 0) is 25.7 Å². The third kappa shape index (κ3) is 5.96. The van der Waals surface area contributed by atoms with Crippen LogP contribution in [0.2, 0.25) is 0 Å². The smallest absolute Gasteiger partial charge is 0.0745 e. The number of hydrogen-bond acceptors (Lipinski definition) is 6. The Hall–Kier alpha value is -4.60. The maximum Gasteiger partial charge on any atom is 0.0745 e. The van der Waals surface area contributed by atoms with Crippen LogP contribution in [0.5, 0.6) is 0 Å². The van der Waals surface area contributed by atoms with E-state index in [4.69, 9.17) is 9.97 Å². The van der Waals surface area contributed by atoms with Gasteiger partial charge in [0.15, 0.2) is 0 Å². The number of H-pyrrole nitrogens is 2. The first-order valence-corrected chi connectivity index (χ1v) is 23.2. The second-order valence-corrected chi connectivity index (χ2v) is 18.3. The SMILES string of the molecule is CCc1csc(-c2c3nc(c(-c4scc(CC)c4C)c4ccc([nH]4)c(-c4scc(CC)c4C)c4nc(c(-c5scc(CC)c5C)c5ccc2[nH]5)C=C4)C=C3)c1C. The van der Waals surface area contributed by atoms with Crippen molar-refractivity contribution in [3.63, 3.8) is 0 Å². The van der Waals surface area contributed by atoms with Gasteiger partial charge in [-0.2, -0.15) is 0 Å². The number of hydrogen-bond donors (Lipinski definition) is 2. The molecule has 0 unspecified atom stereocenters. The molecule has 0 saturated carbocycles. The number of nitrogens with one attached hydrogen (secondary N) is 2. The molecule has 0 aromatic carbocycles. The average Bonchev–Trinajstić information content (AvgIpc) is 4.06. The summed E-state index contributed by atoms with van der Waals surface area (Å²) in [5, 5.41) is 9.30. The summed E-state index contributed by atoms with van der Waals surface area (Å²) < 4.78 is 0. The Labute approximate surface area is 345 Å². The monoisotopic (exact) mass is 806 g/mol. The van der Waals surface area contributed by atoms with Gasteiger partial charge in [0.05, 0.1) is 22.8 Å². The van der Waals surface area contributed by atoms with Crippen LogP contribution < -0.4 is 0 Å². The van der Waals surface area contributed by atoms with Crippen LogP contribution in [0.15, 0.2) is 45.8 Å². The van der Waals surface area contributed by atoms with Gasteiger partial charge >= 0.3 is 0 Å². The molecule has 0 saturated heterocycles. The first-order chi connectivity index (χ1) is 27.2. The van der Waals surface area contributed by atoms with E-state index in [0.717, 1.165) is 92.8 Å². The van der Waals surface area contributed by atoms with Gasteiger partial charge in [0.2, 0.25) is 0 Å². The molecular weight excluding hydrogens is 761 g/mol. The average molecular weight is 807 g/mol. The van der Waals surface area contributed by atoms with Crippen molar-refractivity contribution in [3.8, 4) is 41.8 Å². The molecule has 2 aliphatic rings. The topological polar surface area (TPSA) is 57.4 Å². The number of aromatic amines is 2. The first kappa shape index (κ1) is 37.0. The second kappa shape index (κ2) is 14.7. The standard InChI is InChI=1S/C48H46N4S4/c1-9-29-21-53-45(25(29)5)41-33-13-15-35(49-33)42(46-26(6)30(10-2)22-54-46)37-17-19-39(51-37)44(48-28(8)32(12-4)24-56-48)40-20-18-38(52-40)43(36-16-14-34(41)50-36)47-27(7)31(11-3)23-55-47/h13-24,49,52H,9-12H2,1-8H3. The zero-order valence-corrected chi connectivity index (χ0v) is 36.6. The van der Waals surface area contributed by atoms with Gasteiger partial charge in [-0.3, -0.25) is 0 Å². The molecule has 0 spiro atoms. The number of rotatable bonds is 8. The number of aryl methyl sites for hydroxylation is 4.